The quantitative estimate of drug-likeness (QED) is 0.0720. The molecule has 1 amide bonds. The molecule has 4 rings (SSSR count). The molecule has 2 aromatic carbocycles. The Morgan fingerprint density at radius 2 is 1.15 bits per heavy atom. The Labute approximate surface area is 376 Å². The Hall–Kier alpha value is -2.41. The van der Waals surface area contributed by atoms with Crippen LogP contribution in [0.1, 0.15) is 156 Å². The van der Waals surface area contributed by atoms with E-state index in [0.29, 0.717) is 39.5 Å². The van der Waals surface area contributed by atoms with Crippen molar-refractivity contribution in [1.29, 1.82) is 0 Å². The van der Waals surface area contributed by atoms with Crippen LogP contribution in [0.4, 0.5) is 0 Å². The minimum Gasteiger partial charge on any atom is -0.379 e. The molecule has 10 heteroatoms. The molecule has 0 radical (unpaired) electrons. The second-order valence-corrected chi connectivity index (χ2v) is 17.9. The number of carbonyl (C=O) groups is 1. The average molecular weight is 868 g/mol. The molecule has 2 heterocycles. The number of unbranched alkanes of at least 4 members (excludes halogenated alkanes) is 7. The van der Waals surface area contributed by atoms with Gasteiger partial charge in [0, 0.05) is 32.8 Å². The predicted molar refractivity (Wildman–Crippen MR) is 248 cm³/mol. The minimum absolute atomic E-state index is 0.0414. The summed E-state index contributed by atoms with van der Waals surface area (Å²) in [6.07, 6.45) is 12.4. The minimum atomic E-state index is -0.796. The van der Waals surface area contributed by atoms with Crippen LogP contribution in [0.5, 0.6) is 0 Å². The third kappa shape index (κ3) is 17.9. The first-order valence-electron chi connectivity index (χ1n) is 24.7. The largest absolute Gasteiger partial charge is 0.379 e. The van der Waals surface area contributed by atoms with E-state index < -0.39 is 42.5 Å². The van der Waals surface area contributed by atoms with Crippen LogP contribution in [0.2, 0.25) is 0 Å². The number of aryl methyl sites for hydroxylation is 2. The Balaban J connectivity index is 1.42. The summed E-state index contributed by atoms with van der Waals surface area (Å²) >= 11 is 0. The first-order valence-corrected chi connectivity index (χ1v) is 24.7. The van der Waals surface area contributed by atoms with Crippen molar-refractivity contribution < 1.29 is 42.7 Å². The Bertz CT molecular complexity index is 1470. The zero-order chi connectivity index (χ0) is 44.6. The first kappa shape index (κ1) is 52.2. The molecule has 2 saturated heterocycles. The highest BCUT2D eigenvalue weighted by Gasteiger charge is 2.50. The zero-order valence-electron chi connectivity index (χ0n) is 40.0. The van der Waals surface area contributed by atoms with Crippen molar-refractivity contribution in [2.45, 2.75) is 213 Å². The maximum absolute atomic E-state index is 13.7. The fourth-order valence-corrected chi connectivity index (χ4v) is 8.24. The summed E-state index contributed by atoms with van der Waals surface area (Å²) in [5, 5.41) is 3.29. The van der Waals surface area contributed by atoms with Crippen molar-refractivity contribution in [1.82, 2.24) is 5.32 Å². The summed E-state index contributed by atoms with van der Waals surface area (Å²) in [6, 6.07) is 17.4. The second-order valence-electron chi connectivity index (χ2n) is 17.9. The third-order valence-electron chi connectivity index (χ3n) is 11.9. The molecule has 0 aromatic heterocycles. The van der Waals surface area contributed by atoms with E-state index in [1.54, 1.807) is 0 Å². The van der Waals surface area contributed by atoms with Crippen LogP contribution < -0.4 is 5.32 Å². The number of carbonyl (C=O) groups excluding carboxylic acids is 1. The summed E-state index contributed by atoms with van der Waals surface area (Å²) in [7, 11) is 0. The van der Waals surface area contributed by atoms with Crippen molar-refractivity contribution in [3.05, 3.63) is 59.7 Å². The molecule has 2 aromatic rings. The molecule has 62 heavy (non-hydrogen) atoms. The Kier molecular flexibility index (Phi) is 24.6. The fraction of sp³-hybridized carbons (Fsp3) is 0.750. The standard InChI is InChI=1S/C52H85NO9/c1-9-14-19-22-40-25-29-42(30-26-40)43-31-27-41(28-32-43)23-20-21-24-46(54)53-44(47-39(6)61-52(7,8)62-47)37-59-51-50(58-36-18-13-5)49(57-35-17-12-4)48(56-34-16-11-3)45(60-51)38-55-33-15-10-2/h25-32,39,44-45,47-51H,9-24,33-38H2,1-8H3,(H,53,54)/t39-,44+,45?,47-,48?,49?,50?,51?/m1/s1. The number of benzene rings is 2. The molecule has 2 fully saturated rings. The lowest BCUT2D eigenvalue weighted by atomic mass is 9.97. The molecular weight excluding hydrogens is 783 g/mol. The molecule has 0 saturated carbocycles. The van der Waals surface area contributed by atoms with Gasteiger partial charge in [0.2, 0.25) is 5.91 Å². The first-order chi connectivity index (χ1) is 30.1. The molecule has 2 aliphatic rings. The summed E-state index contributed by atoms with van der Waals surface area (Å²) < 4.78 is 52.2. The third-order valence-corrected chi connectivity index (χ3v) is 11.9. The van der Waals surface area contributed by atoms with Gasteiger partial charge in [-0.2, -0.15) is 0 Å². The SMILES string of the molecule is CCCCCc1ccc(-c2ccc(CCCCC(=O)N[C@@H](COC3OC(COCCCC)C(OCCCC)C(OCCCC)C3OCCCC)[C@@H]3OC(C)(C)O[C@@H]3C)cc2)cc1. The van der Waals surface area contributed by atoms with Gasteiger partial charge in [-0.05, 0) is 101 Å². The summed E-state index contributed by atoms with van der Waals surface area (Å²) in [6.45, 7) is 19.5. The van der Waals surface area contributed by atoms with Gasteiger partial charge in [0.25, 0.3) is 0 Å². The van der Waals surface area contributed by atoms with E-state index >= 15 is 0 Å². The zero-order valence-corrected chi connectivity index (χ0v) is 40.0. The number of hydrogen-bond acceptors (Lipinski definition) is 9. The van der Waals surface area contributed by atoms with Gasteiger partial charge >= 0.3 is 0 Å². The maximum atomic E-state index is 13.7. The smallest absolute Gasteiger partial charge is 0.220 e. The van der Waals surface area contributed by atoms with E-state index in [-0.39, 0.29) is 24.7 Å². The normalized spacial score (nSPS) is 24.0. The molecule has 352 valence electrons. The van der Waals surface area contributed by atoms with Crippen LogP contribution in [0, 0.1) is 0 Å². The van der Waals surface area contributed by atoms with Gasteiger partial charge in [0.1, 0.15) is 30.5 Å². The monoisotopic (exact) mass is 868 g/mol. The maximum Gasteiger partial charge on any atom is 0.220 e. The number of hydrogen-bond donors (Lipinski definition) is 1. The van der Waals surface area contributed by atoms with Crippen molar-refractivity contribution in [3.8, 4) is 11.1 Å². The number of rotatable bonds is 32. The highest BCUT2D eigenvalue weighted by Crippen LogP contribution is 2.33. The molecule has 2 aliphatic heterocycles. The highest BCUT2D eigenvalue weighted by atomic mass is 16.8. The van der Waals surface area contributed by atoms with Crippen molar-refractivity contribution >= 4 is 5.91 Å². The van der Waals surface area contributed by atoms with Gasteiger partial charge in [-0.25, -0.2) is 0 Å². The second kappa shape index (κ2) is 29.2. The summed E-state index contributed by atoms with van der Waals surface area (Å²) in [5.74, 6) is -0.837. The molecule has 5 unspecified atom stereocenters. The number of amides is 1. The van der Waals surface area contributed by atoms with Crippen molar-refractivity contribution in [3.63, 3.8) is 0 Å². The summed E-state index contributed by atoms with van der Waals surface area (Å²) in [5.41, 5.74) is 5.15. The van der Waals surface area contributed by atoms with E-state index in [1.165, 1.54) is 41.5 Å². The molecule has 0 bridgehead atoms. The van der Waals surface area contributed by atoms with Crippen LogP contribution in [0.15, 0.2) is 48.5 Å². The van der Waals surface area contributed by atoms with Crippen LogP contribution in [-0.2, 0) is 55.5 Å². The topological polar surface area (TPSA) is 103 Å². The number of nitrogens with one attached hydrogen (secondary N) is 1. The van der Waals surface area contributed by atoms with Crippen LogP contribution in [0.25, 0.3) is 11.1 Å². The molecular formula is C52H85NO9. The van der Waals surface area contributed by atoms with Gasteiger partial charge in [-0.15, -0.1) is 0 Å². The van der Waals surface area contributed by atoms with Crippen molar-refractivity contribution in [2.24, 2.45) is 0 Å². The van der Waals surface area contributed by atoms with E-state index in [9.17, 15) is 4.79 Å². The van der Waals surface area contributed by atoms with Gasteiger partial charge in [0.05, 0.1) is 25.4 Å². The highest BCUT2D eigenvalue weighted by molar-refractivity contribution is 5.76. The van der Waals surface area contributed by atoms with Crippen molar-refractivity contribution in [2.75, 3.05) is 39.6 Å². The molecule has 1 N–H and O–H groups in total. The molecule has 10 nitrogen and oxygen atoms in total. The Morgan fingerprint density at radius 1 is 0.629 bits per heavy atom. The average Bonchev–Trinajstić information content (AvgIpc) is 3.55. The van der Waals surface area contributed by atoms with Crippen LogP contribution >= 0.6 is 0 Å². The van der Waals surface area contributed by atoms with Gasteiger partial charge < -0.3 is 43.2 Å². The lowest BCUT2D eigenvalue weighted by Crippen LogP contribution is -2.63. The van der Waals surface area contributed by atoms with Gasteiger partial charge in [-0.1, -0.05) is 122 Å². The van der Waals surface area contributed by atoms with E-state index in [0.717, 1.165) is 77.0 Å². The molecule has 0 aliphatic carbocycles. The molecule has 0 spiro atoms. The number of ether oxygens (including phenoxy) is 8. The van der Waals surface area contributed by atoms with E-state index in [1.807, 2.05) is 20.8 Å². The van der Waals surface area contributed by atoms with Crippen LogP contribution in [-0.4, -0.2) is 100 Å². The fourth-order valence-electron chi connectivity index (χ4n) is 8.24. The lowest BCUT2D eigenvalue weighted by molar-refractivity contribution is -0.325. The predicted octanol–water partition coefficient (Wildman–Crippen LogP) is 10.9. The van der Waals surface area contributed by atoms with Crippen LogP contribution in [0.3, 0.4) is 0 Å². The lowest BCUT2D eigenvalue weighted by Gasteiger charge is -2.46. The van der Waals surface area contributed by atoms with E-state index in [4.69, 9.17) is 37.9 Å². The molecule has 8 atom stereocenters. The summed E-state index contributed by atoms with van der Waals surface area (Å²) in [4.78, 5) is 13.7. The van der Waals surface area contributed by atoms with Gasteiger partial charge in [0.15, 0.2) is 12.1 Å². The van der Waals surface area contributed by atoms with Gasteiger partial charge in [-0.3, -0.25) is 4.79 Å². The van der Waals surface area contributed by atoms with E-state index in [2.05, 4.69) is 88.5 Å². The Morgan fingerprint density at radius 3 is 1.68 bits per heavy atom.